The van der Waals surface area contributed by atoms with Gasteiger partial charge in [0.1, 0.15) is 0 Å². The highest BCUT2D eigenvalue weighted by Crippen LogP contribution is 2.57. The molecule has 1 heterocycles. The topological polar surface area (TPSA) is 3.24 Å². The van der Waals surface area contributed by atoms with Gasteiger partial charge in [-0.15, -0.1) is 11.3 Å². The first-order chi connectivity index (χ1) is 28.3. The maximum absolute atomic E-state index is 2.59. The quantitative estimate of drug-likeness (QED) is 0.173. The Kier molecular flexibility index (Phi) is 6.97. The second-order valence-electron chi connectivity index (χ2n) is 17.3. The van der Waals surface area contributed by atoms with Gasteiger partial charge in [-0.1, -0.05) is 167 Å². The minimum absolute atomic E-state index is 0.133. The third-order valence-corrected chi connectivity index (χ3v) is 14.7. The van der Waals surface area contributed by atoms with Gasteiger partial charge in [-0.3, -0.25) is 0 Å². The second kappa shape index (κ2) is 12.0. The molecule has 2 heteroatoms. The van der Waals surface area contributed by atoms with E-state index in [0.29, 0.717) is 0 Å². The lowest BCUT2D eigenvalue weighted by atomic mass is 9.67. The molecule has 1 aromatic heterocycles. The fourth-order valence-corrected chi connectivity index (χ4v) is 11.8. The van der Waals surface area contributed by atoms with E-state index in [-0.39, 0.29) is 10.8 Å². The van der Waals surface area contributed by atoms with E-state index in [2.05, 4.69) is 209 Å². The summed E-state index contributed by atoms with van der Waals surface area (Å²) < 4.78 is 2.61. The van der Waals surface area contributed by atoms with Crippen molar-refractivity contribution in [1.29, 1.82) is 0 Å². The van der Waals surface area contributed by atoms with Crippen LogP contribution in [0.25, 0.3) is 75.1 Å². The van der Waals surface area contributed by atoms with Crippen LogP contribution in [-0.2, 0) is 10.8 Å². The molecule has 0 bridgehead atoms. The predicted octanol–water partition coefficient (Wildman–Crippen LogP) is 16.1. The summed E-state index contributed by atoms with van der Waals surface area (Å²) in [4.78, 5) is 2.59. The summed E-state index contributed by atoms with van der Waals surface area (Å²) in [5.41, 5.74) is 16.5. The Labute approximate surface area is 343 Å². The molecular weight excluding hydrogens is 719 g/mol. The molecule has 0 saturated carbocycles. The molecule has 0 atom stereocenters. The number of hydrogen-bond donors (Lipinski definition) is 0. The van der Waals surface area contributed by atoms with Crippen molar-refractivity contribution in [3.05, 3.63) is 198 Å². The zero-order valence-electron chi connectivity index (χ0n) is 33.1. The fraction of sp³-hybridized carbons (Fsp3) is 0.107. The molecule has 0 fully saturated rings. The third kappa shape index (κ3) is 4.58. The van der Waals surface area contributed by atoms with Crippen LogP contribution in [0.4, 0.5) is 17.1 Å². The van der Waals surface area contributed by atoms with Crippen LogP contribution in [0, 0.1) is 0 Å². The molecule has 1 nitrogen and oxygen atoms in total. The molecule has 2 aliphatic carbocycles. The van der Waals surface area contributed by atoms with Gasteiger partial charge in [0.05, 0.1) is 16.1 Å². The zero-order chi connectivity index (χ0) is 38.9. The van der Waals surface area contributed by atoms with Gasteiger partial charge in [-0.05, 0) is 108 Å². The van der Waals surface area contributed by atoms with Crippen LogP contribution in [0.5, 0.6) is 0 Å². The fourth-order valence-electron chi connectivity index (χ4n) is 10.6. The average molecular weight is 760 g/mol. The van der Waals surface area contributed by atoms with Crippen LogP contribution in [0.2, 0.25) is 0 Å². The van der Waals surface area contributed by atoms with Gasteiger partial charge < -0.3 is 4.90 Å². The van der Waals surface area contributed by atoms with Crippen LogP contribution in [0.1, 0.15) is 49.9 Å². The average Bonchev–Trinajstić information content (AvgIpc) is 3.75. The van der Waals surface area contributed by atoms with Crippen molar-refractivity contribution in [2.75, 3.05) is 4.90 Å². The lowest BCUT2D eigenvalue weighted by molar-refractivity contribution is 0.645. The molecule has 0 radical (unpaired) electrons. The third-order valence-electron chi connectivity index (χ3n) is 13.5. The van der Waals surface area contributed by atoms with Crippen LogP contribution in [0.15, 0.2) is 176 Å². The standard InChI is InChI=1S/C56H41NS/c1-55(2)46-30-26-36(39-20-11-15-34-14-5-6-17-38(34)39)32-44(46)53-49(31-27-35-16-12-23-47(55)52(35)53)57(50-24-13-21-43-42-19-8-10-25-51(42)58-54(43)50)37-28-29-41-40-18-7-9-22-45(40)56(3,4)48(41)33-37/h5-33H,1-4H3. The maximum atomic E-state index is 2.59. The molecule has 12 rings (SSSR count). The van der Waals surface area contributed by atoms with Crippen molar-refractivity contribution in [3.63, 3.8) is 0 Å². The molecule has 10 aromatic rings. The summed E-state index contributed by atoms with van der Waals surface area (Å²) in [7, 11) is 0. The van der Waals surface area contributed by atoms with Crippen LogP contribution < -0.4 is 4.90 Å². The van der Waals surface area contributed by atoms with Gasteiger partial charge in [-0.2, -0.15) is 0 Å². The largest absolute Gasteiger partial charge is 0.308 e. The van der Waals surface area contributed by atoms with Crippen molar-refractivity contribution in [1.82, 2.24) is 0 Å². The lowest BCUT2D eigenvalue weighted by Crippen LogP contribution is -2.25. The Balaban J connectivity index is 1.19. The molecule has 276 valence electrons. The first-order valence-corrected chi connectivity index (χ1v) is 21.2. The normalized spacial score (nSPS) is 14.5. The van der Waals surface area contributed by atoms with Crippen LogP contribution >= 0.6 is 11.3 Å². The van der Waals surface area contributed by atoms with E-state index in [1.54, 1.807) is 0 Å². The van der Waals surface area contributed by atoms with Gasteiger partial charge >= 0.3 is 0 Å². The summed E-state index contributed by atoms with van der Waals surface area (Å²) in [5, 5.41) is 7.76. The SMILES string of the molecule is CC1(C)c2ccccc2-c2ccc(N(c3ccc4cccc5c4c3-c3cc(-c4cccc6ccccc46)ccc3C5(C)C)c3cccc4c3sc3ccccc34)cc21. The van der Waals surface area contributed by atoms with Gasteiger partial charge in [-0.25, -0.2) is 0 Å². The van der Waals surface area contributed by atoms with Crippen molar-refractivity contribution in [2.45, 2.75) is 38.5 Å². The molecule has 2 aliphatic rings. The summed E-state index contributed by atoms with van der Waals surface area (Å²) >= 11 is 1.90. The smallest absolute Gasteiger partial charge is 0.0640 e. The molecule has 0 saturated heterocycles. The van der Waals surface area contributed by atoms with Crippen molar-refractivity contribution in [2.24, 2.45) is 0 Å². The second-order valence-corrected chi connectivity index (χ2v) is 18.3. The Morgan fingerprint density at radius 3 is 1.98 bits per heavy atom. The summed E-state index contributed by atoms with van der Waals surface area (Å²) in [6.07, 6.45) is 0. The molecule has 58 heavy (non-hydrogen) atoms. The van der Waals surface area contributed by atoms with Crippen molar-refractivity contribution >= 4 is 70.1 Å². The Morgan fingerprint density at radius 2 is 1.07 bits per heavy atom. The molecule has 0 aliphatic heterocycles. The summed E-state index contributed by atoms with van der Waals surface area (Å²) in [6, 6.07) is 66.4. The molecule has 0 N–H and O–H groups in total. The van der Waals surface area contributed by atoms with Gasteiger partial charge in [0, 0.05) is 37.6 Å². The van der Waals surface area contributed by atoms with Crippen molar-refractivity contribution in [3.8, 4) is 33.4 Å². The highest BCUT2D eigenvalue weighted by Gasteiger charge is 2.38. The number of nitrogens with zero attached hydrogens (tertiary/aromatic N) is 1. The van der Waals surface area contributed by atoms with E-state index in [9.17, 15) is 0 Å². The summed E-state index contributed by atoms with van der Waals surface area (Å²) in [6.45, 7) is 9.59. The van der Waals surface area contributed by atoms with Crippen molar-refractivity contribution < 1.29 is 0 Å². The first-order valence-electron chi connectivity index (χ1n) is 20.4. The number of fused-ring (bicyclic) bond motifs is 9. The molecule has 0 amide bonds. The highest BCUT2D eigenvalue weighted by molar-refractivity contribution is 7.26. The number of thiophene rings is 1. The molecule has 0 unspecified atom stereocenters. The van der Waals surface area contributed by atoms with E-state index in [1.165, 1.54) is 114 Å². The van der Waals surface area contributed by atoms with E-state index in [4.69, 9.17) is 0 Å². The summed E-state index contributed by atoms with van der Waals surface area (Å²) in [5.74, 6) is 0. The Hall–Kier alpha value is -6.48. The van der Waals surface area contributed by atoms with Gasteiger partial charge in [0.2, 0.25) is 0 Å². The van der Waals surface area contributed by atoms with Gasteiger partial charge in [0.15, 0.2) is 0 Å². The number of rotatable bonds is 4. The zero-order valence-corrected chi connectivity index (χ0v) is 33.9. The first kappa shape index (κ1) is 33.6. The predicted molar refractivity (Wildman–Crippen MR) is 250 cm³/mol. The molecular formula is C56H41NS. The molecule has 9 aromatic carbocycles. The minimum Gasteiger partial charge on any atom is -0.308 e. The lowest BCUT2D eigenvalue weighted by Gasteiger charge is -2.38. The maximum Gasteiger partial charge on any atom is 0.0640 e. The Bertz CT molecular complexity index is 3350. The van der Waals surface area contributed by atoms with E-state index in [1.807, 2.05) is 11.3 Å². The number of anilines is 3. The van der Waals surface area contributed by atoms with Gasteiger partial charge in [0.25, 0.3) is 0 Å². The van der Waals surface area contributed by atoms with Crippen LogP contribution in [-0.4, -0.2) is 0 Å². The molecule has 0 spiro atoms. The van der Waals surface area contributed by atoms with Crippen LogP contribution in [0.3, 0.4) is 0 Å². The van der Waals surface area contributed by atoms with E-state index >= 15 is 0 Å². The monoisotopic (exact) mass is 759 g/mol. The minimum atomic E-state index is -0.197. The van der Waals surface area contributed by atoms with E-state index in [0.717, 1.165) is 0 Å². The number of hydrogen-bond acceptors (Lipinski definition) is 2. The highest BCUT2D eigenvalue weighted by atomic mass is 32.1. The number of benzene rings is 9. The Morgan fingerprint density at radius 1 is 0.414 bits per heavy atom. The van der Waals surface area contributed by atoms with E-state index < -0.39 is 0 Å².